The molecule has 11 aromatic rings. The monoisotopic (exact) mass is 774 g/mol. The molecule has 0 N–H and O–H groups in total. The number of rotatable bonds is 5. The van der Waals surface area contributed by atoms with E-state index >= 15 is 0 Å². The fourth-order valence-electron chi connectivity index (χ4n) is 10.1. The Bertz CT molecular complexity index is 3400. The number of para-hydroxylation sites is 2. The lowest BCUT2D eigenvalue weighted by Gasteiger charge is -2.41. The third-order valence-electron chi connectivity index (χ3n) is 12.8. The van der Waals surface area contributed by atoms with E-state index in [0.717, 1.165) is 55.7 Å². The second-order valence-corrected chi connectivity index (χ2v) is 20.0. The zero-order valence-electron chi connectivity index (χ0n) is 32.7. The molecule has 0 bridgehead atoms. The van der Waals surface area contributed by atoms with Gasteiger partial charge < -0.3 is 4.42 Å². The maximum absolute atomic E-state index is 6.55. The molecule has 4 aromatic heterocycles. The van der Waals surface area contributed by atoms with Crippen molar-refractivity contribution in [2.75, 3.05) is 4.90 Å². The van der Waals surface area contributed by atoms with Gasteiger partial charge in [0.2, 0.25) is 0 Å². The lowest BCUT2D eigenvalue weighted by atomic mass is 9.74. The number of benzene rings is 7. The lowest BCUT2D eigenvalue weighted by Crippen LogP contribution is -2.74. The fourth-order valence-corrected chi connectivity index (χ4v) is 14.9. The summed E-state index contributed by atoms with van der Waals surface area (Å²) in [6.45, 7) is 4.63. The van der Waals surface area contributed by atoms with E-state index in [-0.39, 0.29) is 5.41 Å². The summed E-state index contributed by atoms with van der Waals surface area (Å²) in [7, 11) is -3.03. The number of furan rings is 1. The van der Waals surface area contributed by atoms with Crippen molar-refractivity contribution < 1.29 is 4.42 Å². The highest BCUT2D eigenvalue weighted by Crippen LogP contribution is 2.52. The molecule has 0 spiro atoms. The molecule has 59 heavy (non-hydrogen) atoms. The number of pyridine rings is 2. The molecule has 7 aromatic carbocycles. The number of fused-ring (bicyclic) bond motifs is 11. The molecule has 0 saturated carbocycles. The summed E-state index contributed by atoms with van der Waals surface area (Å²) in [5, 5.41) is 11.0. The topological polar surface area (TPSA) is 46.6 Å². The van der Waals surface area contributed by atoms with E-state index in [1.807, 2.05) is 18.5 Å². The van der Waals surface area contributed by atoms with Crippen LogP contribution >= 0.6 is 0 Å². The van der Waals surface area contributed by atoms with Crippen molar-refractivity contribution >= 4 is 95.3 Å². The maximum Gasteiger partial charge on any atom is 0.179 e. The first-order chi connectivity index (χ1) is 29.0. The van der Waals surface area contributed by atoms with Gasteiger partial charge in [-0.25, -0.2) is 9.97 Å². The van der Waals surface area contributed by atoms with Gasteiger partial charge in [-0.3, -0.25) is 9.30 Å². The van der Waals surface area contributed by atoms with Gasteiger partial charge in [-0.2, -0.15) is 0 Å². The van der Waals surface area contributed by atoms with Crippen LogP contribution in [0.15, 0.2) is 199 Å². The van der Waals surface area contributed by atoms with Crippen LogP contribution in [0.25, 0.3) is 49.3 Å². The third kappa shape index (κ3) is 4.78. The standard InChI is InChI=1S/C53H38N4OSi/c1-53(2)45-23-14-28-54-52(45)57(48-34-50-43(33-46(48)53)42-22-10-12-25-49(42)58-50)35-15-13-20-38(31-35)59(36-16-5-3-6-17-36,37-18-7-4-8-19-37)39-26-27-40-41-21-9-11-24-47(41)56-30-29-55-51(56)44(40)32-39/h3-34H,1-2H3. The number of aromatic nitrogens is 3. The zero-order valence-corrected chi connectivity index (χ0v) is 33.7. The second kappa shape index (κ2) is 12.6. The molecular weight excluding hydrogens is 737 g/mol. The van der Waals surface area contributed by atoms with E-state index < -0.39 is 8.07 Å². The van der Waals surface area contributed by atoms with Crippen LogP contribution in [-0.4, -0.2) is 22.4 Å². The predicted molar refractivity (Wildman–Crippen MR) is 246 cm³/mol. The summed E-state index contributed by atoms with van der Waals surface area (Å²) < 4.78 is 8.78. The maximum atomic E-state index is 6.55. The molecule has 0 radical (unpaired) electrons. The van der Waals surface area contributed by atoms with Gasteiger partial charge in [0.05, 0.1) is 11.2 Å². The van der Waals surface area contributed by atoms with Gasteiger partial charge in [-0.1, -0.05) is 147 Å². The molecule has 5 heterocycles. The highest BCUT2D eigenvalue weighted by molar-refractivity contribution is 7.20. The van der Waals surface area contributed by atoms with E-state index in [0.29, 0.717) is 0 Å². The number of nitrogens with zero attached hydrogens (tertiary/aromatic N) is 4. The Morgan fingerprint density at radius 2 is 1.20 bits per heavy atom. The van der Waals surface area contributed by atoms with E-state index in [1.165, 1.54) is 42.6 Å². The van der Waals surface area contributed by atoms with E-state index in [9.17, 15) is 0 Å². The summed E-state index contributed by atoms with van der Waals surface area (Å²) in [5.41, 5.74) is 8.13. The fraction of sp³-hybridized carbons (Fsp3) is 0.0566. The smallest absolute Gasteiger partial charge is 0.179 e. The van der Waals surface area contributed by atoms with Crippen LogP contribution in [-0.2, 0) is 5.41 Å². The van der Waals surface area contributed by atoms with Gasteiger partial charge in [-0.05, 0) is 68.1 Å². The van der Waals surface area contributed by atoms with Crippen LogP contribution in [0.5, 0.6) is 0 Å². The molecular formula is C53H38N4OSi. The third-order valence-corrected chi connectivity index (χ3v) is 17.6. The minimum Gasteiger partial charge on any atom is -0.456 e. The van der Waals surface area contributed by atoms with Crippen LogP contribution in [0.1, 0.15) is 25.0 Å². The van der Waals surface area contributed by atoms with Crippen LogP contribution in [0.2, 0.25) is 0 Å². The molecule has 0 atom stereocenters. The summed E-state index contributed by atoms with van der Waals surface area (Å²) >= 11 is 0. The predicted octanol–water partition coefficient (Wildman–Crippen LogP) is 10.4. The summed E-state index contributed by atoms with van der Waals surface area (Å²) in [6, 6.07) is 64.6. The zero-order chi connectivity index (χ0) is 39.3. The highest BCUT2D eigenvalue weighted by atomic mass is 28.3. The Morgan fingerprint density at radius 1 is 0.492 bits per heavy atom. The van der Waals surface area contributed by atoms with Crippen molar-refractivity contribution in [3.8, 4) is 0 Å². The molecule has 0 saturated heterocycles. The number of imidazole rings is 1. The van der Waals surface area contributed by atoms with Crippen molar-refractivity contribution in [3.05, 3.63) is 206 Å². The Hall–Kier alpha value is -7.28. The quantitative estimate of drug-likeness (QED) is 0.0993. The van der Waals surface area contributed by atoms with Crippen LogP contribution in [0.3, 0.4) is 0 Å². The number of hydrogen-bond acceptors (Lipinski definition) is 4. The first-order valence-electron chi connectivity index (χ1n) is 20.2. The van der Waals surface area contributed by atoms with Gasteiger partial charge in [0.25, 0.3) is 0 Å². The van der Waals surface area contributed by atoms with E-state index in [2.05, 4.69) is 199 Å². The second-order valence-electron chi connectivity index (χ2n) is 16.2. The molecule has 1 aliphatic heterocycles. The molecule has 12 rings (SSSR count). The van der Waals surface area contributed by atoms with Crippen molar-refractivity contribution in [1.82, 2.24) is 14.4 Å². The summed E-state index contributed by atoms with van der Waals surface area (Å²) in [6.07, 6.45) is 5.91. The minimum atomic E-state index is -3.03. The largest absolute Gasteiger partial charge is 0.456 e. The minimum absolute atomic E-state index is 0.306. The lowest BCUT2D eigenvalue weighted by molar-refractivity contribution is 0.626. The molecule has 0 unspecified atom stereocenters. The molecule has 280 valence electrons. The van der Waals surface area contributed by atoms with Crippen molar-refractivity contribution in [3.63, 3.8) is 0 Å². The number of hydrogen-bond donors (Lipinski definition) is 0. The van der Waals surface area contributed by atoms with Gasteiger partial charge >= 0.3 is 0 Å². The van der Waals surface area contributed by atoms with Crippen molar-refractivity contribution in [1.29, 1.82) is 0 Å². The first kappa shape index (κ1) is 33.8. The van der Waals surface area contributed by atoms with E-state index in [4.69, 9.17) is 14.4 Å². The molecule has 1 aliphatic rings. The van der Waals surface area contributed by atoms with Gasteiger partial charge in [-0.15, -0.1) is 0 Å². The highest BCUT2D eigenvalue weighted by Gasteiger charge is 2.43. The van der Waals surface area contributed by atoms with Crippen LogP contribution < -0.4 is 25.6 Å². The Labute approximate surface area is 342 Å². The molecule has 0 aliphatic carbocycles. The van der Waals surface area contributed by atoms with Crippen LogP contribution in [0, 0.1) is 0 Å². The first-order valence-corrected chi connectivity index (χ1v) is 22.2. The average Bonchev–Trinajstić information content (AvgIpc) is 3.93. The van der Waals surface area contributed by atoms with Crippen molar-refractivity contribution in [2.24, 2.45) is 0 Å². The van der Waals surface area contributed by atoms with E-state index in [1.54, 1.807) is 0 Å². The van der Waals surface area contributed by atoms with Crippen molar-refractivity contribution in [2.45, 2.75) is 19.3 Å². The van der Waals surface area contributed by atoms with Gasteiger partial charge in [0, 0.05) is 62.9 Å². The normalized spacial score (nSPS) is 13.7. The number of anilines is 3. The Balaban J connectivity index is 1.16. The van der Waals surface area contributed by atoms with Gasteiger partial charge in [0.15, 0.2) is 8.07 Å². The Kier molecular flexibility index (Phi) is 7.23. The molecule has 0 fully saturated rings. The molecule has 6 heteroatoms. The van der Waals surface area contributed by atoms with Gasteiger partial charge in [0.1, 0.15) is 22.6 Å². The molecule has 0 amide bonds. The Morgan fingerprint density at radius 3 is 2.02 bits per heavy atom. The molecule has 5 nitrogen and oxygen atoms in total. The average molecular weight is 775 g/mol. The van der Waals surface area contributed by atoms with Crippen LogP contribution in [0.4, 0.5) is 17.2 Å². The SMILES string of the molecule is CC1(C)c2cc3c(cc2N(c2cccc([Si](c4ccccc4)(c4ccccc4)c4ccc5c6ccccc6n6ccnc6c5c4)c2)c2ncccc21)oc1ccccc13. The summed E-state index contributed by atoms with van der Waals surface area (Å²) in [4.78, 5) is 12.5. The summed E-state index contributed by atoms with van der Waals surface area (Å²) in [5.74, 6) is 0.934.